The van der Waals surface area contributed by atoms with Gasteiger partial charge in [-0.2, -0.15) is 0 Å². The molecule has 0 spiro atoms. The number of hydrogen-bond donors (Lipinski definition) is 1. The van der Waals surface area contributed by atoms with Crippen molar-refractivity contribution in [2.75, 3.05) is 0 Å². The summed E-state index contributed by atoms with van der Waals surface area (Å²) in [5.74, 6) is -0.276. The lowest BCUT2D eigenvalue weighted by Crippen LogP contribution is -2.52. The van der Waals surface area contributed by atoms with Crippen LogP contribution in [-0.4, -0.2) is 39.4 Å². The average molecular weight is 402 g/mol. The molecule has 1 aromatic carbocycles. The molecule has 1 saturated carbocycles. The highest BCUT2D eigenvalue weighted by molar-refractivity contribution is 5.96. The minimum Gasteiger partial charge on any atom is -0.391 e. The summed E-state index contributed by atoms with van der Waals surface area (Å²) >= 11 is 0. The normalized spacial score (nSPS) is 28.0. The fourth-order valence-electron chi connectivity index (χ4n) is 5.03. The molecule has 1 aliphatic heterocycles. The molecule has 1 amide bonds. The van der Waals surface area contributed by atoms with Crippen LogP contribution in [0.25, 0.3) is 5.57 Å². The third-order valence-electron chi connectivity index (χ3n) is 6.66. The lowest BCUT2D eigenvalue weighted by molar-refractivity contribution is -0.135. The summed E-state index contributed by atoms with van der Waals surface area (Å²) in [7, 11) is 0. The molecule has 4 unspecified atom stereocenters. The van der Waals surface area contributed by atoms with Gasteiger partial charge in [-0.15, -0.1) is 0 Å². The van der Waals surface area contributed by atoms with Gasteiger partial charge in [0, 0.05) is 11.9 Å². The third kappa shape index (κ3) is 3.37. The number of benzene rings is 1. The van der Waals surface area contributed by atoms with Crippen LogP contribution in [-0.2, 0) is 11.2 Å². The number of aryl methyl sites for hydroxylation is 1. The Labute approximate surface area is 177 Å². The van der Waals surface area contributed by atoms with Crippen LogP contribution >= 0.6 is 0 Å². The molecule has 0 saturated heterocycles. The van der Waals surface area contributed by atoms with Crippen LogP contribution in [0.2, 0.25) is 0 Å². The molecule has 2 heterocycles. The molecule has 30 heavy (non-hydrogen) atoms. The predicted molar refractivity (Wildman–Crippen MR) is 117 cm³/mol. The topological polar surface area (TPSA) is 65.8 Å². The van der Waals surface area contributed by atoms with E-state index < -0.39 is 6.10 Å². The van der Waals surface area contributed by atoms with Gasteiger partial charge >= 0.3 is 0 Å². The zero-order valence-electron chi connectivity index (χ0n) is 17.2. The molecule has 5 rings (SSSR count). The Morgan fingerprint density at radius 1 is 1.13 bits per heavy atom. The van der Waals surface area contributed by atoms with Gasteiger partial charge < -0.3 is 5.11 Å². The quantitative estimate of drug-likeness (QED) is 0.849. The van der Waals surface area contributed by atoms with E-state index in [-0.39, 0.29) is 23.9 Å². The maximum atomic E-state index is 13.5. The highest BCUT2D eigenvalue weighted by Gasteiger charge is 2.42. The standard InChI is InChI=1S/C25H27N3O2/c1-16-10-11-17(14-26-16)12-18-13-21-24(20-7-3-2-6-19(18)20)27-15-28(25(21)30)22-8-4-5-9-23(22)29/h2-3,6-7,10-11,13-15,21-24,29H,4-5,8-9,12H2,1H3. The number of aliphatic hydroxyl groups excluding tert-OH is 1. The molecule has 5 heteroatoms. The predicted octanol–water partition coefficient (Wildman–Crippen LogP) is 3.86. The summed E-state index contributed by atoms with van der Waals surface area (Å²) in [6.07, 6.45) is 9.61. The number of pyridine rings is 1. The Bertz CT molecular complexity index is 1010. The number of aliphatic hydroxyl groups is 1. The van der Waals surface area contributed by atoms with Gasteiger partial charge in [0.05, 0.1) is 30.4 Å². The van der Waals surface area contributed by atoms with Crippen molar-refractivity contribution < 1.29 is 9.90 Å². The average Bonchev–Trinajstić information content (AvgIpc) is 2.77. The van der Waals surface area contributed by atoms with E-state index in [1.165, 1.54) is 0 Å². The second-order valence-corrected chi connectivity index (χ2v) is 8.66. The molecule has 1 aromatic heterocycles. The van der Waals surface area contributed by atoms with Crippen molar-refractivity contribution >= 4 is 17.8 Å². The summed E-state index contributed by atoms with van der Waals surface area (Å²) in [5, 5.41) is 10.5. The molecule has 154 valence electrons. The SMILES string of the molecule is Cc1ccc(CC2=CC3C(=O)N(C4CCCCC4O)C=NC3c3ccccc32)cn1. The van der Waals surface area contributed by atoms with E-state index in [1.807, 2.05) is 31.3 Å². The van der Waals surface area contributed by atoms with E-state index in [4.69, 9.17) is 4.99 Å². The first-order chi connectivity index (χ1) is 14.6. The second-order valence-electron chi connectivity index (χ2n) is 8.66. The lowest BCUT2D eigenvalue weighted by Gasteiger charge is -2.41. The van der Waals surface area contributed by atoms with E-state index >= 15 is 0 Å². The van der Waals surface area contributed by atoms with Gasteiger partial charge in [0.2, 0.25) is 5.91 Å². The lowest BCUT2D eigenvalue weighted by atomic mass is 9.77. The van der Waals surface area contributed by atoms with Crippen LogP contribution < -0.4 is 0 Å². The number of amides is 1. The van der Waals surface area contributed by atoms with Crippen LogP contribution in [0.4, 0.5) is 0 Å². The Hall–Kier alpha value is -2.79. The fourth-order valence-corrected chi connectivity index (χ4v) is 5.03. The second kappa shape index (κ2) is 7.80. The van der Waals surface area contributed by atoms with Gasteiger partial charge in [-0.3, -0.25) is 19.7 Å². The Morgan fingerprint density at radius 3 is 2.77 bits per heavy atom. The summed E-state index contributed by atoms with van der Waals surface area (Å²) in [6.45, 7) is 1.98. The Balaban J connectivity index is 1.51. The largest absolute Gasteiger partial charge is 0.391 e. The number of carbonyl (C=O) groups excluding carboxylic acids is 1. The molecule has 2 aliphatic carbocycles. The minimum atomic E-state index is -0.469. The third-order valence-corrected chi connectivity index (χ3v) is 6.66. The smallest absolute Gasteiger partial charge is 0.237 e. The van der Waals surface area contributed by atoms with E-state index in [2.05, 4.69) is 29.3 Å². The number of rotatable bonds is 3. The fraction of sp³-hybridized carbons (Fsp3) is 0.400. The summed E-state index contributed by atoms with van der Waals surface area (Å²) in [6, 6.07) is 12.0. The number of allylic oxidation sites excluding steroid dienone is 1. The summed E-state index contributed by atoms with van der Waals surface area (Å²) in [5.41, 5.74) is 5.54. The van der Waals surface area contributed by atoms with E-state index in [0.717, 1.165) is 60.1 Å². The molecule has 1 fully saturated rings. The van der Waals surface area contributed by atoms with E-state index in [9.17, 15) is 9.90 Å². The molecule has 1 N–H and O–H groups in total. The van der Waals surface area contributed by atoms with Crippen molar-refractivity contribution in [3.8, 4) is 0 Å². The van der Waals surface area contributed by atoms with Gasteiger partial charge in [-0.1, -0.05) is 49.2 Å². The highest BCUT2D eigenvalue weighted by atomic mass is 16.3. The first-order valence-electron chi connectivity index (χ1n) is 10.9. The maximum absolute atomic E-state index is 13.5. The first-order valence-corrected chi connectivity index (χ1v) is 10.9. The molecule has 4 atom stereocenters. The number of hydrogen-bond acceptors (Lipinski definition) is 4. The Kier molecular flexibility index (Phi) is 4.99. The van der Waals surface area contributed by atoms with Gasteiger partial charge in [0.1, 0.15) is 0 Å². The number of carbonyl (C=O) groups is 1. The van der Waals surface area contributed by atoms with Crippen molar-refractivity contribution in [3.63, 3.8) is 0 Å². The van der Waals surface area contributed by atoms with Crippen LogP contribution in [0.1, 0.15) is 54.1 Å². The van der Waals surface area contributed by atoms with Gasteiger partial charge in [-0.25, -0.2) is 0 Å². The number of nitrogens with zero attached hydrogens (tertiary/aromatic N) is 3. The number of aliphatic imine (C=N–C) groups is 1. The zero-order valence-corrected chi connectivity index (χ0v) is 17.2. The number of aromatic nitrogens is 1. The van der Waals surface area contributed by atoms with Crippen molar-refractivity contribution in [1.29, 1.82) is 0 Å². The zero-order chi connectivity index (χ0) is 20.7. The first kappa shape index (κ1) is 19.2. The molecule has 0 radical (unpaired) electrons. The monoisotopic (exact) mass is 401 g/mol. The Morgan fingerprint density at radius 2 is 1.97 bits per heavy atom. The van der Waals surface area contributed by atoms with E-state index in [0.29, 0.717) is 0 Å². The molecule has 0 bridgehead atoms. The molecule has 3 aliphatic rings. The van der Waals surface area contributed by atoms with Crippen LogP contribution in [0.15, 0.2) is 53.7 Å². The molecular weight excluding hydrogens is 374 g/mol. The van der Waals surface area contributed by atoms with Crippen LogP contribution in [0, 0.1) is 12.8 Å². The summed E-state index contributed by atoms with van der Waals surface area (Å²) in [4.78, 5) is 24.5. The number of fused-ring (bicyclic) bond motifs is 3. The van der Waals surface area contributed by atoms with Crippen LogP contribution in [0.5, 0.6) is 0 Å². The van der Waals surface area contributed by atoms with Crippen molar-refractivity contribution in [2.45, 2.75) is 57.2 Å². The maximum Gasteiger partial charge on any atom is 0.237 e. The van der Waals surface area contributed by atoms with Gasteiger partial charge in [0.25, 0.3) is 0 Å². The molecule has 5 nitrogen and oxygen atoms in total. The van der Waals surface area contributed by atoms with Crippen molar-refractivity contribution in [3.05, 3.63) is 71.1 Å². The molecule has 2 aromatic rings. The molecular formula is C25H27N3O2. The van der Waals surface area contributed by atoms with Crippen LogP contribution in [0.3, 0.4) is 0 Å². The minimum absolute atomic E-state index is 0.0509. The highest BCUT2D eigenvalue weighted by Crippen LogP contribution is 2.43. The van der Waals surface area contributed by atoms with Crippen molar-refractivity contribution in [2.24, 2.45) is 10.9 Å². The summed E-state index contributed by atoms with van der Waals surface area (Å²) < 4.78 is 0. The van der Waals surface area contributed by atoms with Gasteiger partial charge in [0.15, 0.2) is 0 Å². The van der Waals surface area contributed by atoms with E-state index in [1.54, 1.807) is 11.2 Å². The van der Waals surface area contributed by atoms with Crippen molar-refractivity contribution in [1.82, 2.24) is 9.88 Å². The van der Waals surface area contributed by atoms with Gasteiger partial charge in [-0.05, 0) is 54.5 Å².